The highest BCUT2D eigenvalue weighted by Crippen LogP contribution is 1.88. The zero-order valence-corrected chi connectivity index (χ0v) is 8.00. The van der Waals surface area contributed by atoms with E-state index in [9.17, 15) is 14.4 Å². The van der Waals surface area contributed by atoms with E-state index in [1.54, 1.807) is 0 Å². The van der Waals surface area contributed by atoms with Crippen molar-refractivity contribution in [2.75, 3.05) is 6.54 Å². The Bertz CT molecular complexity index is 227. The highest BCUT2D eigenvalue weighted by atomic mass is 16.4. The molecule has 3 N–H and O–H groups in total. The van der Waals surface area contributed by atoms with E-state index in [1.807, 2.05) is 12.2 Å². The second-order valence-electron chi connectivity index (χ2n) is 2.70. The Morgan fingerprint density at radius 3 is 2.36 bits per heavy atom. The fourth-order valence-corrected chi connectivity index (χ4v) is 0.692. The van der Waals surface area contributed by atoms with Crippen molar-refractivity contribution in [3.8, 4) is 0 Å². The molecule has 0 aliphatic rings. The summed E-state index contributed by atoms with van der Waals surface area (Å²) in [6, 6.07) is -0.581. The van der Waals surface area contributed by atoms with Gasteiger partial charge in [0.2, 0.25) is 5.91 Å². The lowest BCUT2D eigenvalue weighted by molar-refractivity contribution is -0.138. The molecule has 3 amide bonds. The predicted molar refractivity (Wildman–Crippen MR) is 48.7 cm³/mol. The van der Waals surface area contributed by atoms with Crippen LogP contribution in [0.4, 0.5) is 4.79 Å². The molecular weight excluding hydrogens is 188 g/mol. The maximum absolute atomic E-state index is 10.9. The Kier molecular flexibility index (Phi) is 6.09. The molecule has 0 aliphatic heterocycles. The molecule has 0 heterocycles. The summed E-state index contributed by atoms with van der Waals surface area (Å²) in [7, 11) is 0. The van der Waals surface area contributed by atoms with E-state index in [0.717, 1.165) is 6.42 Å². The molecule has 0 fully saturated rings. The number of carboxylic acid groups (broad SMARTS) is 1. The maximum atomic E-state index is 10.9. The van der Waals surface area contributed by atoms with Crippen LogP contribution in [0.15, 0.2) is 0 Å². The van der Waals surface area contributed by atoms with Gasteiger partial charge >= 0.3 is 12.0 Å². The van der Waals surface area contributed by atoms with Crippen LogP contribution in [0, 0.1) is 0 Å². The van der Waals surface area contributed by atoms with Crippen molar-refractivity contribution >= 4 is 17.9 Å². The summed E-state index contributed by atoms with van der Waals surface area (Å²) in [5.74, 6) is -1.64. The van der Waals surface area contributed by atoms with Gasteiger partial charge in [-0.1, -0.05) is 6.92 Å². The van der Waals surface area contributed by atoms with Gasteiger partial charge < -0.3 is 10.4 Å². The first kappa shape index (κ1) is 12.4. The van der Waals surface area contributed by atoms with E-state index >= 15 is 0 Å². The SMILES string of the molecule is CCCNC(=O)NC(=O)CCC(=O)O. The number of hydrogen-bond acceptors (Lipinski definition) is 3. The van der Waals surface area contributed by atoms with Crippen molar-refractivity contribution in [1.82, 2.24) is 10.6 Å². The molecule has 14 heavy (non-hydrogen) atoms. The number of carbonyl (C=O) groups excluding carboxylic acids is 2. The van der Waals surface area contributed by atoms with E-state index in [2.05, 4.69) is 5.32 Å². The molecule has 0 saturated carbocycles. The number of imide groups is 1. The molecule has 0 aliphatic carbocycles. The topological polar surface area (TPSA) is 95.5 Å². The second-order valence-corrected chi connectivity index (χ2v) is 2.70. The third-order valence-corrected chi connectivity index (χ3v) is 1.35. The molecular formula is C8H14N2O4. The zero-order chi connectivity index (χ0) is 11.0. The highest BCUT2D eigenvalue weighted by molar-refractivity contribution is 5.95. The quantitative estimate of drug-likeness (QED) is 0.588. The molecule has 0 spiro atoms. The highest BCUT2D eigenvalue weighted by Gasteiger charge is 2.08. The standard InChI is InChI=1S/C8H14N2O4/c1-2-5-9-8(14)10-6(11)3-4-7(12)13/h2-5H2,1H3,(H,12,13)(H2,9,10,11,14). The Morgan fingerprint density at radius 1 is 1.21 bits per heavy atom. The molecule has 80 valence electrons. The first-order valence-corrected chi connectivity index (χ1v) is 4.35. The average molecular weight is 202 g/mol. The smallest absolute Gasteiger partial charge is 0.321 e. The van der Waals surface area contributed by atoms with Gasteiger partial charge in [-0.2, -0.15) is 0 Å². The second kappa shape index (κ2) is 6.88. The minimum atomic E-state index is -1.06. The van der Waals surface area contributed by atoms with Gasteiger partial charge in [-0.3, -0.25) is 14.9 Å². The number of nitrogens with one attached hydrogen (secondary N) is 2. The fraction of sp³-hybridized carbons (Fsp3) is 0.625. The third-order valence-electron chi connectivity index (χ3n) is 1.35. The normalized spacial score (nSPS) is 9.21. The van der Waals surface area contributed by atoms with Crippen LogP contribution in [0.3, 0.4) is 0 Å². The number of urea groups is 1. The monoisotopic (exact) mass is 202 g/mol. The molecule has 6 nitrogen and oxygen atoms in total. The minimum absolute atomic E-state index is 0.186. The zero-order valence-electron chi connectivity index (χ0n) is 8.00. The van der Waals surface area contributed by atoms with E-state index < -0.39 is 17.9 Å². The van der Waals surface area contributed by atoms with Crippen LogP contribution in [0.2, 0.25) is 0 Å². The van der Waals surface area contributed by atoms with Crippen molar-refractivity contribution in [1.29, 1.82) is 0 Å². The van der Waals surface area contributed by atoms with Gasteiger partial charge in [0.15, 0.2) is 0 Å². The van der Waals surface area contributed by atoms with Crippen molar-refractivity contribution in [3.05, 3.63) is 0 Å². The van der Waals surface area contributed by atoms with Crippen LogP contribution >= 0.6 is 0 Å². The summed E-state index contributed by atoms with van der Waals surface area (Å²) in [6.07, 6.45) is 0.318. The van der Waals surface area contributed by atoms with E-state index in [1.165, 1.54) is 0 Å². The molecule has 0 aromatic carbocycles. The number of amides is 3. The molecule has 0 atom stereocenters. The Morgan fingerprint density at radius 2 is 1.86 bits per heavy atom. The summed E-state index contributed by atoms with van der Waals surface area (Å²) in [5, 5.41) is 12.7. The minimum Gasteiger partial charge on any atom is -0.481 e. The van der Waals surface area contributed by atoms with Crippen LogP contribution in [-0.4, -0.2) is 29.6 Å². The van der Waals surface area contributed by atoms with Crippen molar-refractivity contribution in [2.45, 2.75) is 26.2 Å². The van der Waals surface area contributed by atoms with Gasteiger partial charge in [0.05, 0.1) is 6.42 Å². The lowest BCUT2D eigenvalue weighted by atomic mass is 10.3. The Hall–Kier alpha value is -1.59. The maximum Gasteiger partial charge on any atom is 0.321 e. The Balaban J connectivity index is 3.60. The van der Waals surface area contributed by atoms with E-state index in [0.29, 0.717) is 6.54 Å². The molecule has 0 saturated heterocycles. The van der Waals surface area contributed by atoms with Gasteiger partial charge in [-0.05, 0) is 6.42 Å². The van der Waals surface area contributed by atoms with Crippen LogP contribution < -0.4 is 10.6 Å². The van der Waals surface area contributed by atoms with Crippen LogP contribution in [-0.2, 0) is 9.59 Å². The predicted octanol–water partition coefficient (Wildman–Crippen LogP) is 0.0870. The van der Waals surface area contributed by atoms with Crippen LogP contribution in [0.5, 0.6) is 0 Å². The summed E-state index contributed by atoms with van der Waals surface area (Å²) in [6.45, 7) is 2.37. The third kappa shape index (κ3) is 7.08. The largest absolute Gasteiger partial charge is 0.481 e. The number of carbonyl (C=O) groups is 3. The van der Waals surface area contributed by atoms with Gasteiger partial charge in [0.1, 0.15) is 0 Å². The number of aliphatic carboxylic acids is 1. The van der Waals surface area contributed by atoms with Crippen molar-refractivity contribution in [3.63, 3.8) is 0 Å². The van der Waals surface area contributed by atoms with Gasteiger partial charge in [-0.15, -0.1) is 0 Å². The average Bonchev–Trinajstić information content (AvgIpc) is 2.11. The molecule has 0 unspecified atom stereocenters. The van der Waals surface area contributed by atoms with Crippen molar-refractivity contribution in [2.24, 2.45) is 0 Å². The first-order valence-electron chi connectivity index (χ1n) is 4.35. The van der Waals surface area contributed by atoms with Crippen LogP contribution in [0.25, 0.3) is 0 Å². The van der Waals surface area contributed by atoms with Crippen LogP contribution in [0.1, 0.15) is 26.2 Å². The number of hydrogen-bond donors (Lipinski definition) is 3. The van der Waals surface area contributed by atoms with E-state index in [-0.39, 0.29) is 12.8 Å². The summed E-state index contributed by atoms with van der Waals surface area (Å²) < 4.78 is 0. The summed E-state index contributed by atoms with van der Waals surface area (Å²) in [5.41, 5.74) is 0. The van der Waals surface area contributed by atoms with Gasteiger partial charge in [0.25, 0.3) is 0 Å². The summed E-state index contributed by atoms with van der Waals surface area (Å²) >= 11 is 0. The van der Waals surface area contributed by atoms with Gasteiger partial charge in [0, 0.05) is 13.0 Å². The summed E-state index contributed by atoms with van der Waals surface area (Å²) in [4.78, 5) is 31.8. The lowest BCUT2D eigenvalue weighted by Gasteiger charge is -2.03. The first-order chi connectivity index (χ1) is 6.56. The van der Waals surface area contributed by atoms with Crippen molar-refractivity contribution < 1.29 is 19.5 Å². The number of rotatable bonds is 5. The Labute approximate surface area is 81.7 Å². The van der Waals surface area contributed by atoms with E-state index in [4.69, 9.17) is 5.11 Å². The molecule has 6 heteroatoms. The molecule has 0 aromatic heterocycles. The molecule has 0 radical (unpaired) electrons. The molecule has 0 rings (SSSR count). The van der Waals surface area contributed by atoms with Gasteiger partial charge in [-0.25, -0.2) is 4.79 Å². The molecule has 0 aromatic rings. The fourth-order valence-electron chi connectivity index (χ4n) is 0.692. The number of carboxylic acids is 1. The molecule has 0 bridgehead atoms. The lowest BCUT2D eigenvalue weighted by Crippen LogP contribution is -2.39.